The molecule has 0 aliphatic heterocycles. The quantitative estimate of drug-likeness (QED) is 0.901. The molecule has 4 heteroatoms. The summed E-state index contributed by atoms with van der Waals surface area (Å²) in [5, 5.41) is 3.07. The summed E-state index contributed by atoms with van der Waals surface area (Å²) < 4.78 is 26.4. The Labute approximate surface area is 109 Å². The molecule has 2 aromatic rings. The van der Waals surface area contributed by atoms with Gasteiger partial charge in [-0.1, -0.05) is 30.0 Å². The summed E-state index contributed by atoms with van der Waals surface area (Å²) in [6, 6.07) is 11.4. The lowest BCUT2D eigenvalue weighted by Crippen LogP contribution is -2.05. The van der Waals surface area contributed by atoms with Crippen molar-refractivity contribution in [3.05, 3.63) is 59.7 Å². The van der Waals surface area contributed by atoms with E-state index in [1.54, 1.807) is 0 Å². The Bertz CT molecular complexity index is 543. The van der Waals surface area contributed by atoms with Gasteiger partial charge in [-0.25, -0.2) is 8.78 Å². The zero-order valence-corrected chi connectivity index (χ0v) is 10.7. The summed E-state index contributed by atoms with van der Waals surface area (Å²) in [4.78, 5) is 1.40. The minimum absolute atomic E-state index is 0.431. The number of hydrogen-bond acceptors (Lipinski definition) is 2. The fourth-order valence-electron chi connectivity index (χ4n) is 1.62. The SMILES string of the molecule is CNCc1ccccc1Sc1ccc(F)cc1F. The van der Waals surface area contributed by atoms with E-state index in [0.717, 1.165) is 16.5 Å². The lowest BCUT2D eigenvalue weighted by molar-refractivity contribution is 0.565. The molecule has 1 N–H and O–H groups in total. The number of nitrogens with one attached hydrogen (secondary N) is 1. The highest BCUT2D eigenvalue weighted by molar-refractivity contribution is 7.99. The monoisotopic (exact) mass is 265 g/mol. The summed E-state index contributed by atoms with van der Waals surface area (Å²) in [5.41, 5.74) is 1.09. The molecule has 0 spiro atoms. The Morgan fingerprint density at radius 1 is 1.06 bits per heavy atom. The van der Waals surface area contributed by atoms with Crippen molar-refractivity contribution in [2.45, 2.75) is 16.3 Å². The predicted molar refractivity (Wildman–Crippen MR) is 69.7 cm³/mol. The first-order valence-corrected chi connectivity index (χ1v) is 6.38. The molecular weight excluding hydrogens is 252 g/mol. The molecule has 0 amide bonds. The van der Waals surface area contributed by atoms with E-state index in [1.165, 1.54) is 23.9 Å². The Balaban J connectivity index is 2.28. The normalized spacial score (nSPS) is 10.6. The molecule has 0 atom stereocenters. The van der Waals surface area contributed by atoms with Gasteiger partial charge in [0.1, 0.15) is 11.6 Å². The second-order valence-electron chi connectivity index (χ2n) is 3.81. The standard InChI is InChI=1S/C14H13F2NS/c1-17-9-10-4-2-3-5-13(10)18-14-7-6-11(15)8-12(14)16/h2-8,17H,9H2,1H3. The van der Waals surface area contributed by atoms with Crippen LogP contribution in [0, 0.1) is 11.6 Å². The Morgan fingerprint density at radius 3 is 2.56 bits per heavy atom. The summed E-state index contributed by atoms with van der Waals surface area (Å²) in [7, 11) is 1.86. The fourth-order valence-corrected chi connectivity index (χ4v) is 2.56. The first kappa shape index (κ1) is 13.1. The molecule has 0 heterocycles. The summed E-state index contributed by atoms with van der Waals surface area (Å²) >= 11 is 1.31. The van der Waals surface area contributed by atoms with E-state index in [9.17, 15) is 8.78 Å². The molecule has 1 nitrogen and oxygen atoms in total. The third kappa shape index (κ3) is 3.09. The largest absolute Gasteiger partial charge is 0.316 e. The maximum absolute atomic E-state index is 13.6. The van der Waals surface area contributed by atoms with Gasteiger partial charge in [0.2, 0.25) is 0 Å². The third-order valence-electron chi connectivity index (χ3n) is 2.45. The van der Waals surface area contributed by atoms with E-state index in [4.69, 9.17) is 0 Å². The van der Waals surface area contributed by atoms with Crippen LogP contribution in [0.2, 0.25) is 0 Å². The van der Waals surface area contributed by atoms with Crippen molar-refractivity contribution < 1.29 is 8.78 Å². The molecule has 0 aliphatic rings. The molecule has 94 valence electrons. The third-order valence-corrected chi connectivity index (χ3v) is 3.62. The van der Waals surface area contributed by atoms with E-state index < -0.39 is 11.6 Å². The van der Waals surface area contributed by atoms with Gasteiger partial charge in [-0.05, 0) is 30.8 Å². The molecule has 0 aromatic heterocycles. The van der Waals surface area contributed by atoms with Gasteiger partial charge in [0.25, 0.3) is 0 Å². The van der Waals surface area contributed by atoms with Crippen LogP contribution in [-0.4, -0.2) is 7.05 Å². The molecular formula is C14H13F2NS. The molecule has 0 saturated heterocycles. The van der Waals surface area contributed by atoms with E-state index in [1.807, 2.05) is 31.3 Å². The van der Waals surface area contributed by atoms with E-state index in [2.05, 4.69) is 5.32 Å². The van der Waals surface area contributed by atoms with Crippen molar-refractivity contribution in [3.8, 4) is 0 Å². The molecule has 0 saturated carbocycles. The van der Waals surface area contributed by atoms with Crippen LogP contribution >= 0.6 is 11.8 Å². The highest BCUT2D eigenvalue weighted by atomic mass is 32.2. The van der Waals surface area contributed by atoms with E-state index in [0.29, 0.717) is 11.4 Å². The number of benzene rings is 2. The van der Waals surface area contributed by atoms with Crippen LogP contribution in [-0.2, 0) is 6.54 Å². The van der Waals surface area contributed by atoms with Gasteiger partial charge < -0.3 is 5.32 Å². The van der Waals surface area contributed by atoms with Gasteiger partial charge in [-0.2, -0.15) is 0 Å². The Hall–Kier alpha value is -1.39. The highest BCUT2D eigenvalue weighted by Gasteiger charge is 2.08. The van der Waals surface area contributed by atoms with Crippen LogP contribution in [0.3, 0.4) is 0 Å². The summed E-state index contributed by atoms with van der Waals surface area (Å²) in [5.74, 6) is -1.08. The van der Waals surface area contributed by atoms with Crippen LogP contribution in [0.4, 0.5) is 8.78 Å². The molecule has 0 radical (unpaired) electrons. The van der Waals surface area contributed by atoms with Crippen LogP contribution < -0.4 is 5.32 Å². The van der Waals surface area contributed by atoms with Crippen molar-refractivity contribution in [1.29, 1.82) is 0 Å². The second kappa shape index (κ2) is 5.98. The topological polar surface area (TPSA) is 12.0 Å². The van der Waals surface area contributed by atoms with Gasteiger partial charge in [0, 0.05) is 22.4 Å². The van der Waals surface area contributed by atoms with Gasteiger partial charge >= 0.3 is 0 Å². The molecule has 0 unspecified atom stereocenters. The van der Waals surface area contributed by atoms with Crippen molar-refractivity contribution in [2.75, 3.05) is 7.05 Å². The van der Waals surface area contributed by atoms with Crippen LogP contribution in [0.25, 0.3) is 0 Å². The average molecular weight is 265 g/mol. The first-order chi connectivity index (χ1) is 8.70. The first-order valence-electron chi connectivity index (χ1n) is 5.56. The average Bonchev–Trinajstić information content (AvgIpc) is 2.35. The zero-order chi connectivity index (χ0) is 13.0. The van der Waals surface area contributed by atoms with Gasteiger partial charge in [-0.15, -0.1) is 0 Å². The second-order valence-corrected chi connectivity index (χ2v) is 4.90. The lowest BCUT2D eigenvalue weighted by Gasteiger charge is -2.09. The predicted octanol–water partition coefficient (Wildman–Crippen LogP) is 3.84. The molecule has 2 aromatic carbocycles. The number of rotatable bonds is 4. The summed E-state index contributed by atoms with van der Waals surface area (Å²) in [6.45, 7) is 0.714. The minimum Gasteiger partial charge on any atom is -0.316 e. The van der Waals surface area contributed by atoms with Gasteiger partial charge in [0.15, 0.2) is 0 Å². The number of halogens is 2. The molecule has 2 rings (SSSR count). The Kier molecular flexibility index (Phi) is 4.33. The maximum Gasteiger partial charge on any atom is 0.140 e. The molecule has 0 bridgehead atoms. The zero-order valence-electron chi connectivity index (χ0n) is 9.91. The fraction of sp³-hybridized carbons (Fsp3) is 0.143. The summed E-state index contributed by atoms with van der Waals surface area (Å²) in [6.07, 6.45) is 0. The maximum atomic E-state index is 13.6. The highest BCUT2D eigenvalue weighted by Crippen LogP contribution is 2.32. The van der Waals surface area contributed by atoms with Crippen LogP contribution in [0.5, 0.6) is 0 Å². The Morgan fingerprint density at radius 2 is 1.83 bits per heavy atom. The van der Waals surface area contributed by atoms with Crippen molar-refractivity contribution >= 4 is 11.8 Å². The van der Waals surface area contributed by atoms with Crippen LogP contribution in [0.1, 0.15) is 5.56 Å². The van der Waals surface area contributed by atoms with E-state index >= 15 is 0 Å². The molecule has 0 fully saturated rings. The molecule has 18 heavy (non-hydrogen) atoms. The number of hydrogen-bond donors (Lipinski definition) is 1. The smallest absolute Gasteiger partial charge is 0.140 e. The lowest BCUT2D eigenvalue weighted by atomic mass is 10.2. The van der Waals surface area contributed by atoms with Crippen molar-refractivity contribution in [3.63, 3.8) is 0 Å². The minimum atomic E-state index is -0.555. The van der Waals surface area contributed by atoms with Gasteiger partial charge in [-0.3, -0.25) is 0 Å². The van der Waals surface area contributed by atoms with Crippen molar-refractivity contribution in [2.24, 2.45) is 0 Å². The van der Waals surface area contributed by atoms with Gasteiger partial charge in [0.05, 0.1) is 0 Å². The molecule has 0 aliphatic carbocycles. The van der Waals surface area contributed by atoms with Crippen LogP contribution in [0.15, 0.2) is 52.3 Å². The van der Waals surface area contributed by atoms with E-state index in [-0.39, 0.29) is 0 Å². The van der Waals surface area contributed by atoms with Crippen molar-refractivity contribution in [1.82, 2.24) is 5.32 Å².